The van der Waals surface area contributed by atoms with Gasteiger partial charge in [0.2, 0.25) is 0 Å². The summed E-state index contributed by atoms with van der Waals surface area (Å²) < 4.78 is 61.6. The van der Waals surface area contributed by atoms with Crippen molar-refractivity contribution in [2.75, 3.05) is 6.61 Å². The molecule has 1 fully saturated rings. The van der Waals surface area contributed by atoms with Crippen LogP contribution in [0.25, 0.3) is 0 Å². The molecule has 1 aliphatic carbocycles. The lowest BCUT2D eigenvalue weighted by Crippen LogP contribution is -2.56. The summed E-state index contributed by atoms with van der Waals surface area (Å²) in [5, 5.41) is 0.357. The Kier molecular flexibility index (Phi) is 5.39. The van der Waals surface area contributed by atoms with Crippen molar-refractivity contribution in [2.24, 2.45) is 11.8 Å². The molecule has 2 aromatic rings. The minimum absolute atomic E-state index is 0.0244. The fourth-order valence-corrected chi connectivity index (χ4v) is 7.50. The molecule has 1 aliphatic heterocycles. The molecule has 0 N–H and O–H groups in total. The molecule has 4 rings (SSSR count). The van der Waals surface area contributed by atoms with E-state index in [-0.39, 0.29) is 41.4 Å². The van der Waals surface area contributed by atoms with Crippen LogP contribution in [0.4, 0.5) is 8.78 Å². The SMILES string of the molecule is CCC[C@@H]1C(=O)CC[C@@]2(S(=O)(=O)c3ccc(Cl)cc3)c3c(F)ccc(F)c3OC[C@@H]12. The van der Waals surface area contributed by atoms with Gasteiger partial charge in [-0.25, -0.2) is 17.2 Å². The van der Waals surface area contributed by atoms with Gasteiger partial charge in [0.25, 0.3) is 0 Å². The first-order valence-electron chi connectivity index (χ1n) is 9.88. The quantitative estimate of drug-likeness (QED) is 0.646. The number of benzene rings is 2. The van der Waals surface area contributed by atoms with E-state index in [4.69, 9.17) is 16.3 Å². The number of Topliss-reactive ketones (excluding diaryl/α,β-unsaturated/α-hetero) is 1. The molecule has 8 heteroatoms. The molecule has 2 aromatic carbocycles. The number of carbonyl (C=O) groups excluding carboxylic acids is 1. The van der Waals surface area contributed by atoms with Crippen molar-refractivity contribution in [2.45, 2.75) is 42.2 Å². The summed E-state index contributed by atoms with van der Waals surface area (Å²) in [4.78, 5) is 12.7. The van der Waals surface area contributed by atoms with Crippen molar-refractivity contribution in [3.05, 3.63) is 58.6 Å². The first kappa shape index (κ1) is 21.2. The van der Waals surface area contributed by atoms with E-state index in [9.17, 15) is 17.6 Å². The highest BCUT2D eigenvalue weighted by molar-refractivity contribution is 7.92. The molecular formula is C22H21ClF2O4S. The zero-order chi connectivity index (χ0) is 21.7. The Labute approximate surface area is 179 Å². The lowest BCUT2D eigenvalue weighted by molar-refractivity contribution is -0.129. The molecule has 1 saturated carbocycles. The van der Waals surface area contributed by atoms with Crippen molar-refractivity contribution < 1.29 is 26.7 Å². The minimum Gasteiger partial charge on any atom is -0.490 e. The largest absolute Gasteiger partial charge is 0.490 e. The molecule has 30 heavy (non-hydrogen) atoms. The zero-order valence-electron chi connectivity index (χ0n) is 16.3. The molecule has 0 saturated heterocycles. The van der Waals surface area contributed by atoms with Crippen LogP contribution in [-0.2, 0) is 19.4 Å². The van der Waals surface area contributed by atoms with Crippen molar-refractivity contribution in [3.63, 3.8) is 0 Å². The molecule has 4 nitrogen and oxygen atoms in total. The maximum Gasteiger partial charge on any atom is 0.188 e. The van der Waals surface area contributed by atoms with Gasteiger partial charge in [-0.2, -0.15) is 0 Å². The molecule has 3 atom stereocenters. The van der Waals surface area contributed by atoms with Gasteiger partial charge in [0.1, 0.15) is 16.3 Å². The maximum absolute atomic E-state index is 15.2. The summed E-state index contributed by atoms with van der Waals surface area (Å²) in [5.74, 6) is -3.54. The van der Waals surface area contributed by atoms with Gasteiger partial charge in [-0.3, -0.25) is 4.79 Å². The third-order valence-electron chi connectivity index (χ3n) is 6.33. The van der Waals surface area contributed by atoms with Crippen LogP contribution in [0.3, 0.4) is 0 Å². The Morgan fingerprint density at radius 3 is 2.47 bits per heavy atom. The highest BCUT2D eigenvalue weighted by Gasteiger charge is 2.62. The Balaban J connectivity index is 2.04. The number of halogens is 3. The monoisotopic (exact) mass is 454 g/mol. The number of carbonyl (C=O) groups is 1. The van der Waals surface area contributed by atoms with Crippen LogP contribution in [-0.4, -0.2) is 20.8 Å². The first-order chi connectivity index (χ1) is 14.2. The molecular weight excluding hydrogens is 434 g/mol. The Morgan fingerprint density at radius 1 is 1.13 bits per heavy atom. The second-order valence-corrected chi connectivity index (χ2v) is 10.5. The molecule has 160 valence electrons. The number of hydrogen-bond acceptors (Lipinski definition) is 4. The van der Waals surface area contributed by atoms with Gasteiger partial charge in [-0.15, -0.1) is 0 Å². The fraction of sp³-hybridized carbons (Fsp3) is 0.409. The van der Waals surface area contributed by atoms with Crippen LogP contribution in [0.1, 0.15) is 38.2 Å². The van der Waals surface area contributed by atoms with Crippen LogP contribution in [0.15, 0.2) is 41.3 Å². The Morgan fingerprint density at radius 2 is 1.80 bits per heavy atom. The van der Waals surface area contributed by atoms with Gasteiger partial charge in [-0.1, -0.05) is 24.9 Å². The maximum atomic E-state index is 15.2. The number of sulfone groups is 1. The highest BCUT2D eigenvalue weighted by Crippen LogP contribution is 2.58. The Bertz CT molecular complexity index is 1100. The predicted octanol–water partition coefficient (Wildman–Crippen LogP) is 5.08. The molecule has 1 heterocycles. The smallest absolute Gasteiger partial charge is 0.188 e. The predicted molar refractivity (Wildman–Crippen MR) is 108 cm³/mol. The van der Waals surface area contributed by atoms with Crippen LogP contribution < -0.4 is 4.74 Å². The summed E-state index contributed by atoms with van der Waals surface area (Å²) in [5.41, 5.74) is -0.303. The van der Waals surface area contributed by atoms with Crippen LogP contribution >= 0.6 is 11.6 Å². The second kappa shape index (κ2) is 7.61. The van der Waals surface area contributed by atoms with Crippen molar-refractivity contribution in [1.82, 2.24) is 0 Å². The molecule has 0 bridgehead atoms. The van der Waals surface area contributed by atoms with E-state index in [0.717, 1.165) is 12.1 Å². The molecule has 0 unspecified atom stereocenters. The van der Waals surface area contributed by atoms with Gasteiger partial charge in [0.15, 0.2) is 21.4 Å². The molecule has 0 aromatic heterocycles. The third-order valence-corrected chi connectivity index (χ3v) is 9.15. The summed E-state index contributed by atoms with van der Waals surface area (Å²) in [7, 11) is -4.23. The van der Waals surface area contributed by atoms with E-state index in [1.165, 1.54) is 24.3 Å². The summed E-state index contributed by atoms with van der Waals surface area (Å²) in [6, 6.07) is 7.46. The van der Waals surface area contributed by atoms with E-state index >= 15 is 4.39 Å². The first-order valence-corrected chi connectivity index (χ1v) is 11.7. The van der Waals surface area contributed by atoms with Crippen LogP contribution in [0, 0.1) is 23.5 Å². The topological polar surface area (TPSA) is 60.4 Å². The van der Waals surface area contributed by atoms with E-state index in [0.29, 0.717) is 17.9 Å². The van der Waals surface area contributed by atoms with Gasteiger partial charge in [-0.05, 0) is 49.2 Å². The number of fused-ring (bicyclic) bond motifs is 3. The Hall–Kier alpha value is -1.99. The average molecular weight is 455 g/mol. The summed E-state index contributed by atoms with van der Waals surface area (Å²) in [6.07, 6.45) is 0.960. The van der Waals surface area contributed by atoms with Crippen LogP contribution in [0.2, 0.25) is 5.02 Å². The summed E-state index contributed by atoms with van der Waals surface area (Å²) >= 11 is 5.92. The lowest BCUT2D eigenvalue weighted by Gasteiger charge is -2.49. The molecule has 0 amide bonds. The van der Waals surface area contributed by atoms with Gasteiger partial charge < -0.3 is 4.74 Å². The van der Waals surface area contributed by atoms with Gasteiger partial charge >= 0.3 is 0 Å². The van der Waals surface area contributed by atoms with Crippen molar-refractivity contribution in [3.8, 4) is 5.75 Å². The average Bonchev–Trinajstić information content (AvgIpc) is 2.72. The summed E-state index contributed by atoms with van der Waals surface area (Å²) in [6.45, 7) is 1.73. The van der Waals surface area contributed by atoms with Gasteiger partial charge in [0.05, 0.1) is 17.1 Å². The number of hydrogen-bond donors (Lipinski definition) is 0. The number of rotatable bonds is 4. The molecule has 2 aliphatic rings. The van der Waals surface area contributed by atoms with E-state index in [1.54, 1.807) is 0 Å². The van der Waals surface area contributed by atoms with E-state index < -0.39 is 38.1 Å². The van der Waals surface area contributed by atoms with Crippen molar-refractivity contribution >= 4 is 27.2 Å². The fourth-order valence-electron chi connectivity index (χ4n) is 5.00. The standard InChI is InChI=1S/C22H21ClF2O4S/c1-2-3-15-16-12-29-21-18(25)9-8-17(24)20(21)22(16,11-10-19(15)26)30(27,28)14-6-4-13(23)5-7-14/h4-9,15-16H,2-3,10-12H2,1H3/t15-,16-,22-/m0/s1. The second-order valence-electron chi connectivity index (χ2n) is 7.86. The normalized spacial score (nSPS) is 25.9. The number of ether oxygens (including phenoxy) is 1. The zero-order valence-corrected chi connectivity index (χ0v) is 17.9. The minimum atomic E-state index is -4.23. The van der Waals surface area contributed by atoms with Crippen molar-refractivity contribution in [1.29, 1.82) is 0 Å². The van der Waals surface area contributed by atoms with Crippen LogP contribution in [0.5, 0.6) is 5.75 Å². The number of ketones is 1. The molecule has 0 spiro atoms. The van der Waals surface area contributed by atoms with Gasteiger partial charge in [0, 0.05) is 23.3 Å². The third kappa shape index (κ3) is 2.97. The van der Waals surface area contributed by atoms with E-state index in [1.807, 2.05) is 6.92 Å². The molecule has 0 radical (unpaired) electrons. The van der Waals surface area contributed by atoms with E-state index in [2.05, 4.69) is 0 Å². The lowest BCUT2D eigenvalue weighted by atomic mass is 9.65. The highest BCUT2D eigenvalue weighted by atomic mass is 35.5.